The van der Waals surface area contributed by atoms with Crippen LogP contribution in [0.4, 0.5) is 0 Å². The van der Waals surface area contributed by atoms with E-state index in [0.29, 0.717) is 48.7 Å². The number of benzene rings is 2. The van der Waals surface area contributed by atoms with Crippen LogP contribution in [0.5, 0.6) is 5.75 Å². The highest BCUT2D eigenvalue weighted by Gasteiger charge is 2.37. The minimum atomic E-state index is -2.08. The van der Waals surface area contributed by atoms with Crippen molar-refractivity contribution in [3.8, 4) is 5.75 Å². The summed E-state index contributed by atoms with van der Waals surface area (Å²) >= 11 is 0. The highest BCUT2D eigenvalue weighted by Crippen LogP contribution is 2.33. The van der Waals surface area contributed by atoms with Gasteiger partial charge in [0.1, 0.15) is 24.7 Å². The first-order valence-corrected chi connectivity index (χ1v) is 11.9. The highest BCUT2D eigenvalue weighted by molar-refractivity contribution is 6.01. The molecule has 2 aliphatic heterocycles. The minimum Gasteiger partial charge on any atom is -0.489 e. The van der Waals surface area contributed by atoms with Gasteiger partial charge in [-0.1, -0.05) is 30.3 Å². The monoisotopic (exact) mass is 497 g/mol. The maximum atomic E-state index is 13.1. The van der Waals surface area contributed by atoms with Crippen LogP contribution in [0.2, 0.25) is 0 Å². The zero-order valence-corrected chi connectivity index (χ0v) is 20.2. The molecule has 2 aromatic rings. The molecule has 2 aromatic carbocycles. The Morgan fingerprint density at radius 2 is 1.92 bits per heavy atom. The van der Waals surface area contributed by atoms with Gasteiger partial charge in [-0.3, -0.25) is 9.59 Å². The molecule has 2 heterocycles. The molecule has 10 nitrogen and oxygen atoms in total. The van der Waals surface area contributed by atoms with Gasteiger partial charge in [0, 0.05) is 43.2 Å². The maximum Gasteiger partial charge on any atom is 0.255 e. The lowest BCUT2D eigenvalue weighted by molar-refractivity contribution is -0.286. The molecule has 0 aliphatic carbocycles. The number of hydrogen-bond acceptors (Lipinski definition) is 8. The zero-order valence-electron chi connectivity index (χ0n) is 20.2. The first-order valence-electron chi connectivity index (χ1n) is 11.9. The second-order valence-corrected chi connectivity index (χ2v) is 8.81. The number of amides is 2. The van der Waals surface area contributed by atoms with Gasteiger partial charge in [0.25, 0.3) is 11.8 Å². The number of hydrogen-bond donors (Lipinski definition) is 3. The summed E-state index contributed by atoms with van der Waals surface area (Å²) in [5.74, 6) is -2.14. The van der Waals surface area contributed by atoms with Crippen LogP contribution in [-0.2, 0) is 33.4 Å². The molecular weight excluding hydrogens is 466 g/mol. The number of fused-ring (bicyclic) bond motifs is 1. The summed E-state index contributed by atoms with van der Waals surface area (Å²) in [6.45, 7) is 2.13. The molecule has 1 unspecified atom stereocenters. The first-order chi connectivity index (χ1) is 17.4. The summed E-state index contributed by atoms with van der Waals surface area (Å²) in [6, 6.07) is 11.3. The first kappa shape index (κ1) is 25.8. The predicted molar refractivity (Wildman–Crippen MR) is 129 cm³/mol. The van der Waals surface area contributed by atoms with Crippen LogP contribution in [0.1, 0.15) is 39.9 Å². The van der Waals surface area contributed by atoms with Gasteiger partial charge in [0.05, 0.1) is 19.8 Å². The number of morpholine rings is 1. The zero-order chi connectivity index (χ0) is 25.7. The van der Waals surface area contributed by atoms with Crippen LogP contribution in [-0.4, -0.2) is 77.5 Å². The van der Waals surface area contributed by atoms with Crippen molar-refractivity contribution in [2.45, 2.75) is 37.9 Å². The second-order valence-electron chi connectivity index (χ2n) is 8.81. The van der Waals surface area contributed by atoms with Crippen molar-refractivity contribution in [2.75, 3.05) is 33.4 Å². The summed E-state index contributed by atoms with van der Waals surface area (Å²) in [7, 11) is 1.50. The van der Waals surface area contributed by atoms with E-state index in [2.05, 4.69) is 5.32 Å². The minimum absolute atomic E-state index is 0.173. The molecule has 4 rings (SSSR count). The molecule has 10 heteroatoms. The fourth-order valence-electron chi connectivity index (χ4n) is 4.58. The quantitative estimate of drug-likeness (QED) is 0.324. The van der Waals surface area contributed by atoms with Gasteiger partial charge in [0.15, 0.2) is 0 Å². The summed E-state index contributed by atoms with van der Waals surface area (Å²) < 4.78 is 11.3. The van der Waals surface area contributed by atoms with E-state index in [1.165, 1.54) is 11.9 Å². The van der Waals surface area contributed by atoms with Crippen molar-refractivity contribution in [1.82, 2.24) is 15.1 Å². The lowest BCUT2D eigenvalue weighted by Gasteiger charge is -2.37. The molecule has 192 valence electrons. The average molecular weight is 498 g/mol. The fourth-order valence-corrected chi connectivity index (χ4v) is 4.58. The second kappa shape index (κ2) is 11.2. The third kappa shape index (κ3) is 5.26. The van der Waals surface area contributed by atoms with Gasteiger partial charge in [0.2, 0.25) is 5.91 Å². The van der Waals surface area contributed by atoms with Crippen molar-refractivity contribution in [3.63, 3.8) is 0 Å². The summed E-state index contributed by atoms with van der Waals surface area (Å²) in [5, 5.41) is 23.8. The van der Waals surface area contributed by atoms with Crippen molar-refractivity contribution in [3.05, 3.63) is 64.7 Å². The number of rotatable bonds is 10. The number of nitrogens with one attached hydrogen (secondary N) is 1. The highest BCUT2D eigenvalue weighted by atomic mass is 16.5. The molecule has 1 saturated heterocycles. The van der Waals surface area contributed by atoms with Crippen LogP contribution in [0.3, 0.4) is 0 Å². The van der Waals surface area contributed by atoms with E-state index >= 15 is 0 Å². The van der Waals surface area contributed by atoms with Crippen LogP contribution in [0, 0.1) is 0 Å². The molecule has 0 saturated carbocycles. The molecule has 2 amide bonds. The van der Waals surface area contributed by atoms with Gasteiger partial charge < -0.3 is 34.7 Å². The van der Waals surface area contributed by atoms with Gasteiger partial charge in [-0.2, -0.15) is 0 Å². The van der Waals surface area contributed by atoms with Crippen molar-refractivity contribution < 1.29 is 34.1 Å². The molecular formula is C26H31N3O7. The van der Waals surface area contributed by atoms with Gasteiger partial charge in [-0.05, 0) is 24.1 Å². The van der Waals surface area contributed by atoms with E-state index in [1.54, 1.807) is 47.4 Å². The van der Waals surface area contributed by atoms with Gasteiger partial charge >= 0.3 is 0 Å². The normalized spacial score (nSPS) is 17.0. The van der Waals surface area contributed by atoms with E-state index in [9.17, 15) is 24.6 Å². The largest absolute Gasteiger partial charge is 0.489 e. The summed E-state index contributed by atoms with van der Waals surface area (Å²) in [4.78, 5) is 39.4. The number of likely N-dealkylation sites (N-methyl/N-ethyl adjacent to an activating group) is 1. The van der Waals surface area contributed by atoms with E-state index in [0.717, 1.165) is 11.8 Å². The molecule has 0 spiro atoms. The van der Waals surface area contributed by atoms with Gasteiger partial charge in [-0.15, -0.1) is 0 Å². The molecule has 1 atom stereocenters. The van der Waals surface area contributed by atoms with Crippen LogP contribution in [0.25, 0.3) is 0 Å². The number of ether oxygens (including phenoxy) is 2. The molecule has 0 radical (unpaired) electrons. The average Bonchev–Trinajstić information content (AvgIpc) is 3.25. The van der Waals surface area contributed by atoms with E-state index in [-0.39, 0.29) is 37.8 Å². The molecule has 3 N–H and O–H groups in total. The third-order valence-electron chi connectivity index (χ3n) is 6.62. The Morgan fingerprint density at radius 1 is 1.19 bits per heavy atom. The third-order valence-corrected chi connectivity index (χ3v) is 6.62. The van der Waals surface area contributed by atoms with Crippen LogP contribution in [0.15, 0.2) is 42.5 Å². The SMILES string of the molecule is CNC(=O)C(CCC=O)N1Cc2c(OCc3ccc(C(O)(O)N4CCOCC4)cc3)cccc2C1=O. The molecule has 2 aliphatic rings. The Bertz CT molecular complexity index is 1100. The Balaban J connectivity index is 1.45. The Labute approximate surface area is 209 Å². The van der Waals surface area contributed by atoms with E-state index in [1.807, 2.05) is 0 Å². The smallest absolute Gasteiger partial charge is 0.255 e. The van der Waals surface area contributed by atoms with Gasteiger partial charge in [-0.25, -0.2) is 4.90 Å². The lowest BCUT2D eigenvalue weighted by atomic mass is 10.1. The number of aliphatic hydroxyl groups is 2. The number of nitrogens with zero attached hydrogens (tertiary/aromatic N) is 2. The summed E-state index contributed by atoms with van der Waals surface area (Å²) in [5.41, 5.74) is 2.32. The fraction of sp³-hybridized carbons (Fsp3) is 0.423. The topological polar surface area (TPSA) is 129 Å². The lowest BCUT2D eigenvalue weighted by Crippen LogP contribution is -2.51. The standard InChI is InChI=1S/C26H31N3O7/c1-27-24(31)22(5-3-13-30)29-16-21-20(25(29)32)4-2-6-23(21)36-17-18-7-9-19(10-8-18)26(33,34)28-11-14-35-15-12-28/h2,4,6-10,13,22,33-34H,3,5,11-12,14-17H2,1H3,(H,27,31). The maximum absolute atomic E-state index is 13.1. The van der Waals surface area contributed by atoms with Crippen molar-refractivity contribution in [2.24, 2.45) is 0 Å². The molecule has 36 heavy (non-hydrogen) atoms. The Hall–Kier alpha value is -3.31. The number of carbonyl (C=O) groups is 3. The molecule has 1 fully saturated rings. The number of aldehydes is 1. The Kier molecular flexibility index (Phi) is 8.00. The summed E-state index contributed by atoms with van der Waals surface area (Å²) in [6.07, 6.45) is 1.15. The molecule has 0 aromatic heterocycles. The van der Waals surface area contributed by atoms with Crippen LogP contribution < -0.4 is 10.1 Å². The Morgan fingerprint density at radius 3 is 2.58 bits per heavy atom. The van der Waals surface area contributed by atoms with Crippen molar-refractivity contribution >= 4 is 18.1 Å². The van der Waals surface area contributed by atoms with Crippen LogP contribution >= 0.6 is 0 Å². The van der Waals surface area contributed by atoms with E-state index < -0.39 is 12.0 Å². The van der Waals surface area contributed by atoms with Crippen molar-refractivity contribution in [1.29, 1.82) is 0 Å². The predicted octanol–water partition coefficient (Wildman–Crippen LogP) is 0.742. The molecule has 0 bridgehead atoms. The van der Waals surface area contributed by atoms with E-state index in [4.69, 9.17) is 9.47 Å². The number of carbonyl (C=O) groups excluding carboxylic acids is 3.